The van der Waals surface area contributed by atoms with Crippen molar-refractivity contribution >= 4 is 11.9 Å². The minimum atomic E-state index is -0.268. The SMILES string of the molecule is O=C(/C=C/c1ccc(O)c(Cc2ccccc2)c1)c1ccccc1O. The highest BCUT2D eigenvalue weighted by Gasteiger charge is 2.07. The molecule has 0 fully saturated rings. The van der Waals surface area contributed by atoms with Crippen LogP contribution in [0.5, 0.6) is 11.5 Å². The fourth-order valence-electron chi connectivity index (χ4n) is 2.61. The number of ketones is 1. The summed E-state index contributed by atoms with van der Waals surface area (Å²) in [5, 5.41) is 19.8. The van der Waals surface area contributed by atoms with Crippen LogP contribution in [0.2, 0.25) is 0 Å². The summed E-state index contributed by atoms with van der Waals surface area (Å²) in [6.07, 6.45) is 3.72. The smallest absolute Gasteiger partial charge is 0.189 e. The van der Waals surface area contributed by atoms with Crippen molar-refractivity contribution in [2.75, 3.05) is 0 Å². The predicted octanol–water partition coefficient (Wildman–Crippen LogP) is 4.58. The van der Waals surface area contributed by atoms with Crippen molar-refractivity contribution in [2.24, 2.45) is 0 Å². The summed E-state index contributed by atoms with van der Waals surface area (Å²) in [6.45, 7) is 0. The Hall–Kier alpha value is -3.33. The summed E-state index contributed by atoms with van der Waals surface area (Å²) < 4.78 is 0. The van der Waals surface area contributed by atoms with Crippen molar-refractivity contribution in [3.05, 3.63) is 101 Å². The second kappa shape index (κ2) is 7.49. The van der Waals surface area contributed by atoms with Gasteiger partial charge in [0.15, 0.2) is 5.78 Å². The molecule has 0 saturated carbocycles. The number of hydrogen-bond acceptors (Lipinski definition) is 3. The molecule has 3 heteroatoms. The van der Waals surface area contributed by atoms with Crippen LogP contribution in [0.15, 0.2) is 78.9 Å². The molecule has 0 amide bonds. The van der Waals surface area contributed by atoms with Crippen molar-refractivity contribution in [1.82, 2.24) is 0 Å². The van der Waals surface area contributed by atoms with E-state index in [0.29, 0.717) is 6.42 Å². The molecule has 3 aromatic carbocycles. The fourth-order valence-corrected chi connectivity index (χ4v) is 2.61. The molecular formula is C22H18O3. The molecule has 0 aliphatic heterocycles. The van der Waals surface area contributed by atoms with E-state index < -0.39 is 0 Å². The van der Waals surface area contributed by atoms with E-state index in [1.807, 2.05) is 36.4 Å². The van der Waals surface area contributed by atoms with Gasteiger partial charge in [-0.05, 0) is 47.0 Å². The topological polar surface area (TPSA) is 57.5 Å². The highest BCUT2D eigenvalue weighted by Crippen LogP contribution is 2.23. The third kappa shape index (κ3) is 4.15. The second-order valence-electron chi connectivity index (χ2n) is 5.77. The third-order valence-electron chi connectivity index (χ3n) is 3.94. The standard InChI is InChI=1S/C22H18O3/c23-20-12-10-17(15-18(20)14-16-6-2-1-3-7-16)11-13-22(25)19-8-4-5-9-21(19)24/h1-13,15,23-24H,14H2/b13-11+. The Bertz CT molecular complexity index is 912. The Kier molecular flexibility index (Phi) is 4.95. The number of carbonyl (C=O) groups is 1. The van der Waals surface area contributed by atoms with Gasteiger partial charge in [0.05, 0.1) is 5.56 Å². The van der Waals surface area contributed by atoms with Crippen molar-refractivity contribution in [3.63, 3.8) is 0 Å². The molecule has 0 aromatic heterocycles. The van der Waals surface area contributed by atoms with Gasteiger partial charge >= 0.3 is 0 Å². The van der Waals surface area contributed by atoms with Crippen molar-refractivity contribution in [2.45, 2.75) is 6.42 Å². The number of para-hydroxylation sites is 1. The molecule has 2 N–H and O–H groups in total. The van der Waals surface area contributed by atoms with Gasteiger partial charge in [-0.2, -0.15) is 0 Å². The summed E-state index contributed by atoms with van der Waals surface area (Å²) in [5.74, 6) is -0.0727. The van der Waals surface area contributed by atoms with Crippen LogP contribution in [0.25, 0.3) is 6.08 Å². The summed E-state index contributed by atoms with van der Waals surface area (Å²) in [4.78, 5) is 12.2. The minimum Gasteiger partial charge on any atom is -0.508 e. The molecule has 3 rings (SSSR count). The van der Waals surface area contributed by atoms with Crippen LogP contribution in [0.3, 0.4) is 0 Å². The van der Waals surface area contributed by atoms with E-state index >= 15 is 0 Å². The summed E-state index contributed by atoms with van der Waals surface area (Å²) in [5.41, 5.74) is 2.97. The molecule has 25 heavy (non-hydrogen) atoms. The quantitative estimate of drug-likeness (QED) is 0.531. The number of allylic oxidation sites excluding steroid dienone is 1. The molecule has 0 saturated heterocycles. The number of hydrogen-bond donors (Lipinski definition) is 2. The van der Waals surface area contributed by atoms with E-state index in [0.717, 1.165) is 16.7 Å². The van der Waals surface area contributed by atoms with Gasteiger partial charge in [0, 0.05) is 6.42 Å². The first-order valence-corrected chi connectivity index (χ1v) is 8.00. The van der Waals surface area contributed by atoms with Gasteiger partial charge in [-0.3, -0.25) is 4.79 Å². The Balaban J connectivity index is 1.80. The predicted molar refractivity (Wildman–Crippen MR) is 98.8 cm³/mol. The van der Waals surface area contributed by atoms with E-state index in [4.69, 9.17) is 0 Å². The first-order valence-electron chi connectivity index (χ1n) is 8.00. The maximum absolute atomic E-state index is 12.2. The van der Waals surface area contributed by atoms with Gasteiger partial charge in [-0.1, -0.05) is 54.6 Å². The summed E-state index contributed by atoms with van der Waals surface area (Å²) >= 11 is 0. The maximum atomic E-state index is 12.2. The van der Waals surface area contributed by atoms with Gasteiger partial charge in [-0.15, -0.1) is 0 Å². The molecule has 124 valence electrons. The molecular weight excluding hydrogens is 312 g/mol. The van der Waals surface area contributed by atoms with Gasteiger partial charge in [-0.25, -0.2) is 0 Å². The van der Waals surface area contributed by atoms with Gasteiger partial charge in [0.1, 0.15) is 11.5 Å². The number of phenols is 2. The Labute approximate surface area is 146 Å². The lowest BCUT2D eigenvalue weighted by atomic mass is 10.0. The zero-order valence-corrected chi connectivity index (χ0v) is 13.6. The van der Waals surface area contributed by atoms with E-state index in [-0.39, 0.29) is 22.8 Å². The molecule has 0 spiro atoms. The maximum Gasteiger partial charge on any atom is 0.189 e. The van der Waals surface area contributed by atoms with Crippen LogP contribution in [-0.4, -0.2) is 16.0 Å². The van der Waals surface area contributed by atoms with Gasteiger partial charge < -0.3 is 10.2 Å². The van der Waals surface area contributed by atoms with Crippen LogP contribution in [0.4, 0.5) is 0 Å². The highest BCUT2D eigenvalue weighted by molar-refractivity contribution is 6.08. The molecule has 0 aliphatic rings. The molecule has 0 aliphatic carbocycles. The van der Waals surface area contributed by atoms with E-state index in [1.54, 1.807) is 36.4 Å². The molecule has 0 bridgehead atoms. The van der Waals surface area contributed by atoms with Crippen LogP contribution < -0.4 is 0 Å². The molecule has 0 heterocycles. The number of carbonyl (C=O) groups excluding carboxylic acids is 1. The molecule has 3 nitrogen and oxygen atoms in total. The van der Waals surface area contributed by atoms with Gasteiger partial charge in [0.2, 0.25) is 0 Å². The van der Waals surface area contributed by atoms with Crippen LogP contribution >= 0.6 is 0 Å². The number of rotatable bonds is 5. The fraction of sp³-hybridized carbons (Fsp3) is 0.0455. The third-order valence-corrected chi connectivity index (χ3v) is 3.94. The van der Waals surface area contributed by atoms with Crippen molar-refractivity contribution < 1.29 is 15.0 Å². The van der Waals surface area contributed by atoms with E-state index in [9.17, 15) is 15.0 Å². The summed E-state index contributed by atoms with van der Waals surface area (Å²) in [6, 6.07) is 21.6. The Morgan fingerprint density at radius 2 is 1.56 bits per heavy atom. The number of aromatic hydroxyl groups is 2. The molecule has 0 atom stereocenters. The Morgan fingerprint density at radius 1 is 0.840 bits per heavy atom. The van der Waals surface area contributed by atoms with Gasteiger partial charge in [0.25, 0.3) is 0 Å². The first kappa shape index (κ1) is 16.5. The number of benzene rings is 3. The van der Waals surface area contributed by atoms with Crippen LogP contribution in [0, 0.1) is 0 Å². The monoisotopic (exact) mass is 330 g/mol. The van der Waals surface area contributed by atoms with Crippen molar-refractivity contribution in [1.29, 1.82) is 0 Å². The van der Waals surface area contributed by atoms with Crippen LogP contribution in [-0.2, 0) is 6.42 Å². The zero-order valence-electron chi connectivity index (χ0n) is 13.6. The molecule has 0 unspecified atom stereocenters. The lowest BCUT2D eigenvalue weighted by Crippen LogP contribution is -1.94. The summed E-state index contributed by atoms with van der Waals surface area (Å²) in [7, 11) is 0. The van der Waals surface area contributed by atoms with Crippen molar-refractivity contribution in [3.8, 4) is 11.5 Å². The van der Waals surface area contributed by atoms with E-state index in [1.165, 1.54) is 12.1 Å². The average molecular weight is 330 g/mol. The zero-order chi connectivity index (χ0) is 17.6. The largest absolute Gasteiger partial charge is 0.508 e. The van der Waals surface area contributed by atoms with Crippen LogP contribution in [0.1, 0.15) is 27.0 Å². The highest BCUT2D eigenvalue weighted by atomic mass is 16.3. The lowest BCUT2D eigenvalue weighted by Gasteiger charge is -2.06. The second-order valence-corrected chi connectivity index (χ2v) is 5.77. The normalized spacial score (nSPS) is 10.9. The lowest BCUT2D eigenvalue weighted by molar-refractivity contribution is 0.104. The molecule has 0 radical (unpaired) electrons. The minimum absolute atomic E-state index is 0.0346. The number of phenolic OH excluding ortho intramolecular Hbond substituents is 2. The Morgan fingerprint density at radius 3 is 2.32 bits per heavy atom. The average Bonchev–Trinajstić information content (AvgIpc) is 2.63. The van der Waals surface area contributed by atoms with E-state index in [2.05, 4.69) is 0 Å². The first-order chi connectivity index (χ1) is 12.1. The molecule has 3 aromatic rings.